The van der Waals surface area contributed by atoms with E-state index in [9.17, 15) is 43.8 Å². The van der Waals surface area contributed by atoms with Gasteiger partial charge in [0.2, 0.25) is 35.4 Å². The zero-order valence-corrected chi connectivity index (χ0v) is 24.2. The van der Waals surface area contributed by atoms with E-state index in [1.165, 1.54) is 0 Å². The Hall–Kier alpha value is -3.87. The summed E-state index contributed by atoms with van der Waals surface area (Å²) in [6.45, 7) is -0.273. The van der Waals surface area contributed by atoms with Gasteiger partial charge in [-0.2, -0.15) is 0 Å². The van der Waals surface area contributed by atoms with Crippen LogP contribution in [0.1, 0.15) is 64.2 Å². The molecule has 5 atom stereocenters. The lowest BCUT2D eigenvalue weighted by Gasteiger charge is -2.25. The summed E-state index contributed by atoms with van der Waals surface area (Å²) < 4.78 is 0. The molecule has 0 aromatic rings. The fraction of sp³-hybridized carbons (Fsp3) is 0.720. The van der Waals surface area contributed by atoms with Crippen LogP contribution < -0.4 is 49.9 Å². The van der Waals surface area contributed by atoms with Crippen LogP contribution >= 0.6 is 0 Å². The zero-order valence-electron chi connectivity index (χ0n) is 24.2. The lowest BCUT2D eigenvalue weighted by atomic mass is 10.1. The van der Waals surface area contributed by atoms with Gasteiger partial charge in [-0.1, -0.05) is 0 Å². The highest BCUT2D eigenvalue weighted by atomic mass is 16.4. The maximum atomic E-state index is 13.1. The number of carbonyl (C=O) groups is 7. The maximum Gasteiger partial charge on any atom is 0.326 e. The number of aliphatic hydroxyl groups excluding tert-OH is 1. The number of nitrogens with two attached hydrogens (primary N) is 5. The third-order valence-corrected chi connectivity index (χ3v) is 6.31. The van der Waals surface area contributed by atoms with Crippen LogP contribution in [0.15, 0.2) is 0 Å². The van der Waals surface area contributed by atoms with Crippen molar-refractivity contribution in [3.63, 3.8) is 0 Å². The SMILES string of the molecule is NCCCCC(NC(=O)C(N)CCC(N)=O)C(=O)NC(CO)C(=O)NC(CCCCN)C(=O)NC(CCC(N)=O)C(=O)O. The summed E-state index contributed by atoms with van der Waals surface area (Å²) in [6.07, 6.45) is 1.16. The Labute approximate surface area is 249 Å². The summed E-state index contributed by atoms with van der Waals surface area (Å²) in [4.78, 5) is 85.1. The van der Waals surface area contributed by atoms with Crippen LogP contribution in [0.3, 0.4) is 0 Å². The van der Waals surface area contributed by atoms with Gasteiger partial charge in [-0.3, -0.25) is 28.8 Å². The van der Waals surface area contributed by atoms with Crippen molar-refractivity contribution in [3.8, 4) is 0 Å². The third-order valence-electron chi connectivity index (χ3n) is 6.31. The van der Waals surface area contributed by atoms with E-state index in [-0.39, 0.29) is 45.1 Å². The molecule has 0 saturated heterocycles. The Balaban J connectivity index is 5.63. The number of aliphatic carboxylic acids is 1. The van der Waals surface area contributed by atoms with Crippen LogP contribution in [0.25, 0.3) is 0 Å². The first-order chi connectivity index (χ1) is 20.3. The van der Waals surface area contributed by atoms with Crippen molar-refractivity contribution in [2.45, 2.75) is 94.4 Å². The molecule has 0 aromatic heterocycles. The van der Waals surface area contributed by atoms with E-state index >= 15 is 0 Å². The summed E-state index contributed by atoms with van der Waals surface area (Å²) in [5.74, 6) is -6.24. The number of rotatable bonds is 24. The Morgan fingerprint density at radius 3 is 1.37 bits per heavy atom. The van der Waals surface area contributed by atoms with Gasteiger partial charge in [-0.15, -0.1) is 0 Å². The van der Waals surface area contributed by atoms with Crippen LogP contribution in [0.4, 0.5) is 0 Å². The maximum absolute atomic E-state index is 13.1. The van der Waals surface area contributed by atoms with Gasteiger partial charge in [0.15, 0.2) is 0 Å². The highest BCUT2D eigenvalue weighted by Crippen LogP contribution is 2.07. The molecule has 0 fully saturated rings. The van der Waals surface area contributed by atoms with Gasteiger partial charge in [0.25, 0.3) is 0 Å². The Kier molecular flexibility index (Phi) is 19.8. The van der Waals surface area contributed by atoms with Crippen LogP contribution in [0, 0.1) is 0 Å². The van der Waals surface area contributed by atoms with Crippen molar-refractivity contribution in [3.05, 3.63) is 0 Å². The lowest BCUT2D eigenvalue weighted by Crippen LogP contribution is -2.59. The molecule has 0 aliphatic carbocycles. The van der Waals surface area contributed by atoms with Gasteiger partial charge in [0, 0.05) is 12.8 Å². The second-order valence-electron chi connectivity index (χ2n) is 9.95. The molecule has 6 amide bonds. The molecule has 5 unspecified atom stereocenters. The number of carbonyl (C=O) groups excluding carboxylic acids is 6. The highest BCUT2D eigenvalue weighted by molar-refractivity contribution is 5.95. The molecule has 0 spiro atoms. The first-order valence-electron chi connectivity index (χ1n) is 14.0. The molecule has 246 valence electrons. The van der Waals surface area contributed by atoms with E-state index in [2.05, 4.69) is 21.3 Å². The molecular formula is C25H47N9O9. The van der Waals surface area contributed by atoms with E-state index in [1.807, 2.05) is 0 Å². The van der Waals surface area contributed by atoms with Gasteiger partial charge in [0.1, 0.15) is 24.2 Å². The van der Waals surface area contributed by atoms with E-state index in [0.29, 0.717) is 32.2 Å². The summed E-state index contributed by atoms with van der Waals surface area (Å²) in [7, 11) is 0. The second kappa shape index (κ2) is 21.8. The topological polar surface area (TPSA) is 338 Å². The van der Waals surface area contributed by atoms with Crippen molar-refractivity contribution in [1.29, 1.82) is 0 Å². The van der Waals surface area contributed by atoms with Crippen LogP contribution in [-0.2, 0) is 33.6 Å². The molecule has 0 aliphatic rings. The molecule has 0 rings (SSSR count). The molecule has 16 N–H and O–H groups in total. The molecule has 0 bridgehead atoms. The molecule has 18 heteroatoms. The monoisotopic (exact) mass is 617 g/mol. The van der Waals surface area contributed by atoms with Gasteiger partial charge in [0.05, 0.1) is 12.6 Å². The molecule has 0 radical (unpaired) electrons. The molecular weight excluding hydrogens is 570 g/mol. The first kappa shape index (κ1) is 39.1. The number of primary amides is 2. The number of hydrogen-bond donors (Lipinski definition) is 11. The lowest BCUT2D eigenvalue weighted by molar-refractivity contribution is -0.142. The minimum Gasteiger partial charge on any atom is -0.480 e. The minimum absolute atomic E-state index is 0.0456. The van der Waals surface area contributed by atoms with Crippen molar-refractivity contribution in [2.24, 2.45) is 28.7 Å². The smallest absolute Gasteiger partial charge is 0.326 e. The quantitative estimate of drug-likeness (QED) is 0.0454. The number of carboxylic acids is 1. The summed E-state index contributed by atoms with van der Waals surface area (Å²) in [6, 6.07) is -6.61. The number of nitrogens with one attached hydrogen (secondary N) is 4. The van der Waals surface area contributed by atoms with E-state index in [0.717, 1.165) is 0 Å². The van der Waals surface area contributed by atoms with E-state index in [1.54, 1.807) is 0 Å². The molecule has 0 aromatic carbocycles. The molecule has 0 heterocycles. The third kappa shape index (κ3) is 17.0. The Bertz CT molecular complexity index is 951. The van der Waals surface area contributed by atoms with Gasteiger partial charge >= 0.3 is 5.97 Å². The zero-order chi connectivity index (χ0) is 32.9. The Morgan fingerprint density at radius 2 is 0.953 bits per heavy atom. The fourth-order valence-corrected chi connectivity index (χ4v) is 3.79. The summed E-state index contributed by atoms with van der Waals surface area (Å²) in [5, 5.41) is 28.7. The molecule has 43 heavy (non-hydrogen) atoms. The number of aliphatic hydroxyl groups is 1. The van der Waals surface area contributed by atoms with Crippen molar-refractivity contribution >= 4 is 41.4 Å². The van der Waals surface area contributed by atoms with Crippen molar-refractivity contribution < 1.29 is 43.8 Å². The standard InChI is InChI=1S/C25H47N9O9/c26-11-3-1-5-15(31-21(38)14(28)7-9-19(29)36)23(40)34-18(13-35)24(41)32-16(6-2-4-12-27)22(39)33-17(25(42)43)8-10-20(30)37/h14-18,35H,1-13,26-28H2,(H2,29,36)(H2,30,37)(H,31,38)(H,32,41)(H,33,39)(H,34,40)(H,42,43). The molecule has 0 aliphatic heterocycles. The molecule has 18 nitrogen and oxygen atoms in total. The number of hydrogen-bond acceptors (Lipinski definition) is 11. The van der Waals surface area contributed by atoms with E-state index < -0.39 is 78.2 Å². The Morgan fingerprint density at radius 1 is 0.558 bits per heavy atom. The van der Waals surface area contributed by atoms with Gasteiger partial charge < -0.3 is 60.1 Å². The largest absolute Gasteiger partial charge is 0.480 e. The predicted octanol–water partition coefficient (Wildman–Crippen LogP) is -4.88. The highest BCUT2D eigenvalue weighted by Gasteiger charge is 2.31. The normalized spacial score (nSPS) is 14.3. The first-order valence-corrected chi connectivity index (χ1v) is 14.0. The van der Waals surface area contributed by atoms with Crippen molar-refractivity contribution in [1.82, 2.24) is 21.3 Å². The van der Waals surface area contributed by atoms with Gasteiger partial charge in [-0.05, 0) is 64.5 Å². The number of unbranched alkanes of at least 4 members (excludes halogenated alkanes) is 2. The average Bonchev–Trinajstić information content (AvgIpc) is 2.94. The van der Waals surface area contributed by atoms with Crippen LogP contribution in [-0.4, -0.2) is 102 Å². The van der Waals surface area contributed by atoms with Crippen molar-refractivity contribution in [2.75, 3.05) is 19.7 Å². The molecule has 0 saturated carbocycles. The fourth-order valence-electron chi connectivity index (χ4n) is 3.79. The minimum atomic E-state index is -1.56. The number of carboxylic acid groups (broad SMARTS) is 1. The van der Waals surface area contributed by atoms with Gasteiger partial charge in [-0.25, -0.2) is 4.79 Å². The summed E-state index contributed by atoms with van der Waals surface area (Å²) in [5.41, 5.74) is 26.9. The van der Waals surface area contributed by atoms with Crippen LogP contribution in [0.2, 0.25) is 0 Å². The van der Waals surface area contributed by atoms with E-state index in [4.69, 9.17) is 28.7 Å². The average molecular weight is 618 g/mol. The number of amides is 6. The predicted molar refractivity (Wildman–Crippen MR) is 153 cm³/mol. The van der Waals surface area contributed by atoms with Crippen LogP contribution in [0.5, 0.6) is 0 Å². The summed E-state index contributed by atoms with van der Waals surface area (Å²) >= 11 is 0. The second-order valence-corrected chi connectivity index (χ2v) is 9.95.